The van der Waals surface area contributed by atoms with Gasteiger partial charge in [-0.1, -0.05) is 18.2 Å². The largest absolute Gasteiger partial charge is 0.493 e. The van der Waals surface area contributed by atoms with E-state index in [9.17, 15) is 9.59 Å². The lowest BCUT2D eigenvalue weighted by Crippen LogP contribution is -2.48. The summed E-state index contributed by atoms with van der Waals surface area (Å²) in [5.41, 5.74) is 0.479. The van der Waals surface area contributed by atoms with Crippen molar-refractivity contribution >= 4 is 18.1 Å². The Kier molecular flexibility index (Phi) is 7.93. The number of nitrogens with zero attached hydrogens (tertiary/aromatic N) is 1. The third-order valence-electron chi connectivity index (χ3n) is 4.47. The van der Waals surface area contributed by atoms with Crippen molar-refractivity contribution in [3.05, 3.63) is 29.8 Å². The average molecular weight is 405 g/mol. The minimum atomic E-state index is -0.524. The van der Waals surface area contributed by atoms with Gasteiger partial charge in [0, 0.05) is 19.1 Å². The predicted molar refractivity (Wildman–Crippen MR) is 112 cm³/mol. The maximum atomic E-state index is 12.5. The number of hydrogen-bond donors (Lipinski definition) is 1. The molecule has 0 spiro atoms. The number of hydrogen-bond acceptors (Lipinski definition) is 5. The molecule has 0 aromatic heterocycles. The van der Waals surface area contributed by atoms with Crippen LogP contribution in [0.5, 0.6) is 11.5 Å². The number of allylic oxidation sites excluding steroid dienone is 1. The number of ether oxygens (including phenoxy) is 3. The second-order valence-corrected chi connectivity index (χ2v) is 8.00. The molecule has 1 heterocycles. The lowest BCUT2D eigenvalue weighted by molar-refractivity contribution is -0.134. The molecule has 0 aliphatic carbocycles. The van der Waals surface area contributed by atoms with Crippen LogP contribution in [0.3, 0.4) is 0 Å². The molecule has 1 aliphatic rings. The first kappa shape index (κ1) is 22.6. The van der Waals surface area contributed by atoms with Crippen molar-refractivity contribution in [1.29, 1.82) is 0 Å². The fraction of sp³-hybridized carbons (Fsp3) is 0.545. The molecule has 1 aromatic rings. The third-order valence-corrected chi connectivity index (χ3v) is 4.47. The Morgan fingerprint density at radius 3 is 2.48 bits per heavy atom. The molecule has 2 rings (SSSR count). The number of carbonyl (C=O) groups excluding carboxylic acids is 2. The highest BCUT2D eigenvalue weighted by Crippen LogP contribution is 2.28. The maximum Gasteiger partial charge on any atom is 0.407 e. The zero-order chi connectivity index (χ0) is 21.4. The van der Waals surface area contributed by atoms with Crippen LogP contribution in [-0.4, -0.2) is 55.3 Å². The fourth-order valence-corrected chi connectivity index (χ4v) is 3.08. The summed E-state index contributed by atoms with van der Waals surface area (Å²) in [6.07, 6.45) is 4.87. The summed E-state index contributed by atoms with van der Waals surface area (Å²) in [6, 6.07) is 5.59. The number of nitrogens with one attached hydrogen (secondary N) is 1. The highest BCUT2D eigenvalue weighted by Gasteiger charge is 2.26. The highest BCUT2D eigenvalue weighted by atomic mass is 16.6. The number of alkyl carbamates (subject to hydrolysis) is 1. The fourth-order valence-electron chi connectivity index (χ4n) is 3.08. The highest BCUT2D eigenvalue weighted by molar-refractivity contribution is 5.78. The van der Waals surface area contributed by atoms with Crippen LogP contribution >= 0.6 is 0 Å². The Morgan fingerprint density at radius 2 is 1.90 bits per heavy atom. The van der Waals surface area contributed by atoms with E-state index in [1.807, 2.05) is 52.0 Å². The molecule has 0 unspecified atom stereocenters. The molecule has 2 amide bonds. The van der Waals surface area contributed by atoms with Crippen LogP contribution in [0.4, 0.5) is 4.79 Å². The second kappa shape index (κ2) is 10.2. The zero-order valence-corrected chi connectivity index (χ0v) is 18.0. The number of carbonyl (C=O) groups is 2. The first-order valence-electron chi connectivity index (χ1n) is 9.92. The normalized spacial score (nSPS) is 15.3. The Morgan fingerprint density at radius 1 is 1.21 bits per heavy atom. The van der Waals surface area contributed by atoms with Gasteiger partial charge in [-0.25, -0.2) is 4.79 Å². The minimum absolute atomic E-state index is 0.00840. The Hall–Kier alpha value is -2.70. The molecule has 0 saturated carbocycles. The van der Waals surface area contributed by atoms with E-state index in [1.54, 1.807) is 18.1 Å². The first-order valence-corrected chi connectivity index (χ1v) is 9.92. The molecule has 7 heteroatoms. The van der Waals surface area contributed by atoms with E-state index in [0.717, 1.165) is 5.56 Å². The van der Waals surface area contributed by atoms with Crippen LogP contribution in [-0.2, 0) is 9.53 Å². The molecule has 1 N–H and O–H groups in total. The number of piperidine rings is 1. The summed E-state index contributed by atoms with van der Waals surface area (Å²) >= 11 is 0. The molecule has 7 nitrogen and oxygen atoms in total. The summed E-state index contributed by atoms with van der Waals surface area (Å²) in [5.74, 6) is 1.05. The standard InChI is InChI=1S/C22H32N2O5/c1-6-7-16-8-9-18(19(14-16)27-5)28-15-20(25)24-12-10-17(11-13-24)23-21(26)29-22(2,3)4/h6-9,14,17H,10-13,15H2,1-5H3,(H,23,26)/b7-6+. The molecule has 0 bridgehead atoms. The van der Waals surface area contributed by atoms with Crippen LogP contribution in [0, 0.1) is 0 Å². The van der Waals surface area contributed by atoms with Gasteiger partial charge >= 0.3 is 6.09 Å². The molecule has 1 aromatic carbocycles. The van der Waals surface area contributed by atoms with Gasteiger partial charge in [0.2, 0.25) is 0 Å². The van der Waals surface area contributed by atoms with Crippen molar-refractivity contribution in [1.82, 2.24) is 10.2 Å². The molecule has 160 valence electrons. The van der Waals surface area contributed by atoms with Gasteiger partial charge in [-0.05, 0) is 58.2 Å². The lowest BCUT2D eigenvalue weighted by Gasteiger charge is -2.32. The molecule has 0 atom stereocenters. The van der Waals surface area contributed by atoms with Crippen molar-refractivity contribution in [2.75, 3.05) is 26.8 Å². The van der Waals surface area contributed by atoms with Gasteiger partial charge in [0.05, 0.1) is 7.11 Å². The van der Waals surface area contributed by atoms with Crippen molar-refractivity contribution in [3.8, 4) is 11.5 Å². The SMILES string of the molecule is C/C=C/c1ccc(OCC(=O)N2CCC(NC(=O)OC(C)(C)C)CC2)c(OC)c1. The van der Waals surface area contributed by atoms with Crippen molar-refractivity contribution < 1.29 is 23.8 Å². The van der Waals surface area contributed by atoms with Gasteiger partial charge in [0.1, 0.15) is 5.60 Å². The van der Waals surface area contributed by atoms with Gasteiger partial charge in [-0.3, -0.25) is 4.79 Å². The van der Waals surface area contributed by atoms with E-state index in [-0.39, 0.29) is 18.6 Å². The summed E-state index contributed by atoms with van der Waals surface area (Å²) in [7, 11) is 1.58. The first-order chi connectivity index (χ1) is 13.7. The van der Waals surface area contributed by atoms with Gasteiger partial charge in [-0.2, -0.15) is 0 Å². The van der Waals surface area contributed by atoms with E-state index in [4.69, 9.17) is 14.2 Å². The molecule has 1 aliphatic heterocycles. The van der Waals surface area contributed by atoms with Gasteiger partial charge < -0.3 is 24.4 Å². The van der Waals surface area contributed by atoms with E-state index in [2.05, 4.69) is 5.32 Å². The summed E-state index contributed by atoms with van der Waals surface area (Å²) in [6.45, 7) is 8.52. The Bertz CT molecular complexity index is 731. The van der Waals surface area contributed by atoms with E-state index in [0.29, 0.717) is 37.4 Å². The zero-order valence-electron chi connectivity index (χ0n) is 18.0. The van der Waals surface area contributed by atoms with E-state index in [1.165, 1.54) is 0 Å². The Labute approximate surface area is 173 Å². The van der Waals surface area contributed by atoms with E-state index < -0.39 is 11.7 Å². The summed E-state index contributed by atoms with van der Waals surface area (Å²) < 4.78 is 16.3. The third kappa shape index (κ3) is 7.33. The monoisotopic (exact) mass is 404 g/mol. The molecule has 29 heavy (non-hydrogen) atoms. The number of amides is 2. The second-order valence-electron chi connectivity index (χ2n) is 8.00. The Balaban J connectivity index is 1.81. The number of methoxy groups -OCH3 is 1. The smallest absolute Gasteiger partial charge is 0.407 e. The molecule has 1 fully saturated rings. The molecule has 0 radical (unpaired) electrons. The number of benzene rings is 1. The summed E-state index contributed by atoms with van der Waals surface area (Å²) in [4.78, 5) is 26.1. The van der Waals surface area contributed by atoms with Crippen molar-refractivity contribution in [3.63, 3.8) is 0 Å². The van der Waals surface area contributed by atoms with Crippen LogP contribution in [0.15, 0.2) is 24.3 Å². The number of likely N-dealkylation sites (tertiary alicyclic amines) is 1. The van der Waals surface area contributed by atoms with E-state index >= 15 is 0 Å². The number of rotatable bonds is 6. The topological polar surface area (TPSA) is 77.1 Å². The molecule has 1 saturated heterocycles. The molecular weight excluding hydrogens is 372 g/mol. The van der Waals surface area contributed by atoms with Crippen molar-refractivity contribution in [2.24, 2.45) is 0 Å². The van der Waals surface area contributed by atoms with Crippen LogP contribution in [0.2, 0.25) is 0 Å². The maximum absolute atomic E-state index is 12.5. The lowest BCUT2D eigenvalue weighted by atomic mass is 10.1. The van der Waals surface area contributed by atoms with Crippen LogP contribution in [0.25, 0.3) is 6.08 Å². The van der Waals surface area contributed by atoms with Crippen molar-refractivity contribution in [2.45, 2.75) is 52.2 Å². The van der Waals surface area contributed by atoms with Gasteiger partial charge in [0.25, 0.3) is 5.91 Å². The minimum Gasteiger partial charge on any atom is -0.493 e. The molecular formula is C22H32N2O5. The predicted octanol–water partition coefficient (Wildman–Crippen LogP) is 3.62. The van der Waals surface area contributed by atoms with Gasteiger partial charge in [0.15, 0.2) is 18.1 Å². The quantitative estimate of drug-likeness (QED) is 0.784. The van der Waals surface area contributed by atoms with Crippen LogP contribution in [0.1, 0.15) is 46.1 Å². The average Bonchev–Trinajstić information content (AvgIpc) is 2.66. The van der Waals surface area contributed by atoms with Gasteiger partial charge in [-0.15, -0.1) is 0 Å². The summed E-state index contributed by atoms with van der Waals surface area (Å²) in [5, 5.41) is 2.87. The van der Waals surface area contributed by atoms with Crippen LogP contribution < -0.4 is 14.8 Å².